The molecule has 138 valence electrons. The molecule has 0 saturated carbocycles. The SMILES string of the molecule is O=C(Cn1cccc(C(F)(F)F)c1=O)N1CCN(c2ncccn2)CC1. The Bertz CT molecular complexity index is 830. The molecule has 1 saturated heterocycles. The van der Waals surface area contributed by atoms with Gasteiger partial charge in [0.05, 0.1) is 0 Å². The summed E-state index contributed by atoms with van der Waals surface area (Å²) in [6.45, 7) is 1.35. The van der Waals surface area contributed by atoms with Gasteiger partial charge in [0.25, 0.3) is 5.56 Å². The maximum absolute atomic E-state index is 12.8. The standard InChI is InChI=1S/C16H16F3N5O2/c17-16(18,19)12-3-1-6-24(14(12)26)11-13(25)22-7-9-23(10-8-22)15-20-4-2-5-21-15/h1-6H,7-11H2. The fraction of sp³-hybridized carbons (Fsp3) is 0.375. The average Bonchev–Trinajstić information content (AvgIpc) is 2.63. The van der Waals surface area contributed by atoms with Crippen LogP contribution in [0.3, 0.4) is 0 Å². The van der Waals surface area contributed by atoms with Crippen molar-refractivity contribution in [3.05, 3.63) is 52.7 Å². The zero-order valence-corrected chi connectivity index (χ0v) is 13.7. The monoisotopic (exact) mass is 367 g/mol. The Morgan fingerprint density at radius 2 is 1.73 bits per heavy atom. The number of carbonyl (C=O) groups excluding carboxylic acids is 1. The van der Waals surface area contributed by atoms with E-state index in [1.165, 1.54) is 11.1 Å². The third-order valence-corrected chi connectivity index (χ3v) is 4.10. The molecule has 1 aliphatic rings. The number of halogens is 3. The molecule has 0 spiro atoms. The van der Waals surface area contributed by atoms with E-state index < -0.39 is 29.8 Å². The average molecular weight is 367 g/mol. The molecule has 1 fully saturated rings. The number of hydrogen-bond donors (Lipinski definition) is 0. The van der Waals surface area contributed by atoms with E-state index in [0.717, 1.165) is 10.6 Å². The second kappa shape index (κ2) is 7.14. The number of aromatic nitrogens is 3. The minimum atomic E-state index is -4.75. The van der Waals surface area contributed by atoms with Gasteiger partial charge in [0.15, 0.2) is 0 Å². The van der Waals surface area contributed by atoms with E-state index in [4.69, 9.17) is 0 Å². The van der Waals surface area contributed by atoms with Gasteiger partial charge in [0.2, 0.25) is 11.9 Å². The van der Waals surface area contributed by atoms with Crippen LogP contribution in [0.2, 0.25) is 0 Å². The molecule has 0 aromatic carbocycles. The van der Waals surface area contributed by atoms with Crippen molar-refractivity contribution in [3.63, 3.8) is 0 Å². The summed E-state index contributed by atoms with van der Waals surface area (Å²) in [4.78, 5) is 36.0. The molecule has 3 heterocycles. The zero-order valence-electron chi connectivity index (χ0n) is 13.7. The number of anilines is 1. The summed E-state index contributed by atoms with van der Waals surface area (Å²) in [6, 6.07) is 3.53. The Morgan fingerprint density at radius 1 is 1.08 bits per heavy atom. The van der Waals surface area contributed by atoms with Crippen LogP contribution in [0.25, 0.3) is 0 Å². The van der Waals surface area contributed by atoms with E-state index in [2.05, 4.69) is 9.97 Å². The van der Waals surface area contributed by atoms with Crippen LogP contribution in [0, 0.1) is 0 Å². The molecule has 7 nitrogen and oxygen atoms in total. The largest absolute Gasteiger partial charge is 0.421 e. The fourth-order valence-corrected chi connectivity index (χ4v) is 2.73. The maximum atomic E-state index is 12.8. The minimum Gasteiger partial charge on any atom is -0.338 e. The van der Waals surface area contributed by atoms with Crippen LogP contribution < -0.4 is 10.5 Å². The molecule has 0 radical (unpaired) electrons. The molecule has 1 amide bonds. The predicted molar refractivity (Wildman–Crippen MR) is 86.5 cm³/mol. The first-order valence-electron chi connectivity index (χ1n) is 7.92. The smallest absolute Gasteiger partial charge is 0.338 e. The highest BCUT2D eigenvalue weighted by atomic mass is 19.4. The Hall–Kier alpha value is -2.91. The Kier molecular flexibility index (Phi) is 4.92. The molecule has 10 heteroatoms. The van der Waals surface area contributed by atoms with Crippen LogP contribution in [0.5, 0.6) is 0 Å². The van der Waals surface area contributed by atoms with Gasteiger partial charge < -0.3 is 14.4 Å². The predicted octanol–water partition coefficient (Wildman–Crippen LogP) is 1.01. The Morgan fingerprint density at radius 3 is 2.35 bits per heavy atom. The Labute approximate surface area is 146 Å². The van der Waals surface area contributed by atoms with E-state index in [0.29, 0.717) is 38.2 Å². The summed E-state index contributed by atoms with van der Waals surface area (Å²) < 4.78 is 39.2. The topological polar surface area (TPSA) is 71.3 Å². The lowest BCUT2D eigenvalue weighted by molar-refractivity contribution is -0.139. The van der Waals surface area contributed by atoms with Gasteiger partial charge in [-0.05, 0) is 18.2 Å². The van der Waals surface area contributed by atoms with E-state index in [9.17, 15) is 22.8 Å². The van der Waals surface area contributed by atoms with Crippen molar-refractivity contribution in [2.24, 2.45) is 0 Å². The Balaban J connectivity index is 1.64. The van der Waals surface area contributed by atoms with Gasteiger partial charge in [0.1, 0.15) is 12.1 Å². The highest BCUT2D eigenvalue weighted by Crippen LogP contribution is 2.26. The third-order valence-electron chi connectivity index (χ3n) is 4.10. The van der Waals surface area contributed by atoms with Crippen molar-refractivity contribution in [1.82, 2.24) is 19.4 Å². The van der Waals surface area contributed by atoms with Crippen LogP contribution in [-0.2, 0) is 17.5 Å². The van der Waals surface area contributed by atoms with Gasteiger partial charge in [-0.25, -0.2) is 9.97 Å². The van der Waals surface area contributed by atoms with Crippen LogP contribution in [0.1, 0.15) is 5.56 Å². The van der Waals surface area contributed by atoms with E-state index in [-0.39, 0.29) is 0 Å². The van der Waals surface area contributed by atoms with Crippen molar-refractivity contribution >= 4 is 11.9 Å². The number of nitrogens with zero attached hydrogens (tertiary/aromatic N) is 5. The van der Waals surface area contributed by atoms with E-state index in [1.807, 2.05) is 4.90 Å². The molecule has 0 N–H and O–H groups in total. The highest BCUT2D eigenvalue weighted by molar-refractivity contribution is 5.76. The molecule has 3 rings (SSSR count). The maximum Gasteiger partial charge on any atom is 0.421 e. The first-order chi connectivity index (χ1) is 12.4. The summed E-state index contributed by atoms with van der Waals surface area (Å²) in [5, 5.41) is 0. The van der Waals surface area contributed by atoms with Crippen molar-refractivity contribution < 1.29 is 18.0 Å². The number of alkyl halides is 3. The third kappa shape index (κ3) is 3.84. The van der Waals surface area contributed by atoms with Crippen molar-refractivity contribution in [2.45, 2.75) is 12.7 Å². The normalized spacial score (nSPS) is 15.2. The molecule has 0 atom stereocenters. The molecule has 2 aromatic heterocycles. The summed E-state index contributed by atoms with van der Waals surface area (Å²) in [6.07, 6.45) is -0.312. The molecule has 0 bridgehead atoms. The van der Waals surface area contributed by atoms with Gasteiger partial charge in [-0.1, -0.05) is 0 Å². The lowest BCUT2D eigenvalue weighted by atomic mass is 10.2. The number of rotatable bonds is 3. The quantitative estimate of drug-likeness (QED) is 0.810. The van der Waals surface area contributed by atoms with Gasteiger partial charge >= 0.3 is 6.18 Å². The highest BCUT2D eigenvalue weighted by Gasteiger charge is 2.34. The van der Waals surface area contributed by atoms with Crippen LogP contribution in [0.4, 0.5) is 19.1 Å². The van der Waals surface area contributed by atoms with Crippen LogP contribution in [0.15, 0.2) is 41.6 Å². The lowest BCUT2D eigenvalue weighted by Gasteiger charge is -2.34. The van der Waals surface area contributed by atoms with Gasteiger partial charge in [-0.2, -0.15) is 13.2 Å². The summed E-state index contributed by atoms with van der Waals surface area (Å²) in [5.74, 6) is 0.161. The molecule has 1 aliphatic heterocycles. The number of hydrogen-bond acceptors (Lipinski definition) is 5. The molecule has 2 aromatic rings. The minimum absolute atomic E-state index is 0.380. The lowest BCUT2D eigenvalue weighted by Crippen LogP contribution is -2.50. The first-order valence-corrected chi connectivity index (χ1v) is 7.92. The van der Waals surface area contributed by atoms with E-state index in [1.54, 1.807) is 18.5 Å². The molecule has 0 unspecified atom stereocenters. The second-order valence-corrected chi connectivity index (χ2v) is 5.77. The van der Waals surface area contributed by atoms with Gasteiger partial charge in [-0.3, -0.25) is 9.59 Å². The van der Waals surface area contributed by atoms with Gasteiger partial charge in [-0.15, -0.1) is 0 Å². The molecule has 0 aliphatic carbocycles. The summed E-state index contributed by atoms with van der Waals surface area (Å²) in [7, 11) is 0. The van der Waals surface area contributed by atoms with Crippen molar-refractivity contribution in [2.75, 3.05) is 31.1 Å². The summed E-state index contributed by atoms with van der Waals surface area (Å²) >= 11 is 0. The summed E-state index contributed by atoms with van der Waals surface area (Å²) in [5.41, 5.74) is -2.50. The number of pyridine rings is 1. The van der Waals surface area contributed by atoms with Crippen molar-refractivity contribution in [3.8, 4) is 0 Å². The molecular formula is C16H16F3N5O2. The van der Waals surface area contributed by atoms with Crippen LogP contribution >= 0.6 is 0 Å². The number of piperazine rings is 1. The zero-order chi connectivity index (χ0) is 18.7. The fourth-order valence-electron chi connectivity index (χ4n) is 2.73. The second-order valence-electron chi connectivity index (χ2n) is 5.77. The van der Waals surface area contributed by atoms with Crippen LogP contribution in [-0.4, -0.2) is 51.5 Å². The molecular weight excluding hydrogens is 351 g/mol. The van der Waals surface area contributed by atoms with Crippen molar-refractivity contribution in [1.29, 1.82) is 0 Å². The molecule has 26 heavy (non-hydrogen) atoms. The van der Waals surface area contributed by atoms with E-state index >= 15 is 0 Å². The van der Waals surface area contributed by atoms with Gasteiger partial charge in [0, 0.05) is 44.8 Å². The number of carbonyl (C=O) groups is 1. The number of amides is 1. The first kappa shape index (κ1) is 17.9.